The van der Waals surface area contributed by atoms with E-state index in [1.807, 2.05) is 43.4 Å². The normalized spacial score (nSPS) is 15.8. The molecule has 0 bridgehead atoms. The SMILES string of the molecule is CN1CCN(S(=O)(=O)c2ccc(NC(=O)Cc3coc4ccc5ccccc5c34)cc2)CC1. The van der Waals surface area contributed by atoms with Crippen LogP contribution in [-0.2, 0) is 21.2 Å². The van der Waals surface area contributed by atoms with E-state index in [0.717, 1.165) is 27.3 Å². The second-order valence-electron chi connectivity index (χ2n) is 8.38. The molecule has 0 spiro atoms. The number of amides is 1. The summed E-state index contributed by atoms with van der Waals surface area (Å²) in [6.45, 7) is 2.38. The van der Waals surface area contributed by atoms with Crippen LogP contribution < -0.4 is 5.32 Å². The highest BCUT2D eigenvalue weighted by molar-refractivity contribution is 7.89. The summed E-state index contributed by atoms with van der Waals surface area (Å²) >= 11 is 0. The second kappa shape index (κ2) is 8.62. The lowest BCUT2D eigenvalue weighted by Crippen LogP contribution is -2.46. The minimum atomic E-state index is -3.54. The third-order valence-corrected chi connectivity index (χ3v) is 8.04. The predicted octanol–water partition coefficient (Wildman–Crippen LogP) is 3.70. The van der Waals surface area contributed by atoms with Gasteiger partial charge in [-0.1, -0.05) is 30.3 Å². The fourth-order valence-electron chi connectivity index (χ4n) is 4.27. The van der Waals surface area contributed by atoms with E-state index in [4.69, 9.17) is 4.42 Å². The van der Waals surface area contributed by atoms with Gasteiger partial charge >= 0.3 is 0 Å². The Hall–Kier alpha value is -3.20. The topological polar surface area (TPSA) is 82.9 Å². The number of fused-ring (bicyclic) bond motifs is 3. The number of furan rings is 1. The maximum Gasteiger partial charge on any atom is 0.243 e. The van der Waals surface area contributed by atoms with Gasteiger partial charge in [-0.25, -0.2) is 8.42 Å². The molecule has 1 amide bonds. The monoisotopic (exact) mass is 463 g/mol. The van der Waals surface area contributed by atoms with Crippen molar-refractivity contribution in [3.63, 3.8) is 0 Å². The van der Waals surface area contributed by atoms with Crippen molar-refractivity contribution in [3.8, 4) is 0 Å². The molecule has 33 heavy (non-hydrogen) atoms. The highest BCUT2D eigenvalue weighted by atomic mass is 32.2. The zero-order chi connectivity index (χ0) is 23.0. The number of benzene rings is 3. The lowest BCUT2D eigenvalue weighted by molar-refractivity contribution is -0.115. The van der Waals surface area contributed by atoms with Crippen LogP contribution in [0.5, 0.6) is 0 Å². The van der Waals surface area contributed by atoms with Gasteiger partial charge in [0.25, 0.3) is 0 Å². The second-order valence-corrected chi connectivity index (χ2v) is 10.3. The Morgan fingerprint density at radius 1 is 0.970 bits per heavy atom. The number of sulfonamides is 1. The van der Waals surface area contributed by atoms with Crippen LogP contribution in [0, 0.1) is 0 Å². The summed E-state index contributed by atoms with van der Waals surface area (Å²) in [6.07, 6.45) is 1.78. The highest BCUT2D eigenvalue weighted by Gasteiger charge is 2.27. The molecule has 0 radical (unpaired) electrons. The molecule has 8 heteroatoms. The van der Waals surface area contributed by atoms with Gasteiger partial charge in [-0.2, -0.15) is 4.31 Å². The first-order valence-corrected chi connectivity index (χ1v) is 12.3. The number of anilines is 1. The van der Waals surface area contributed by atoms with E-state index in [-0.39, 0.29) is 17.2 Å². The first kappa shape index (κ1) is 21.6. The fourth-order valence-corrected chi connectivity index (χ4v) is 5.69. The van der Waals surface area contributed by atoms with Crippen LogP contribution in [-0.4, -0.2) is 56.8 Å². The smallest absolute Gasteiger partial charge is 0.243 e. The van der Waals surface area contributed by atoms with E-state index in [9.17, 15) is 13.2 Å². The molecule has 1 fully saturated rings. The van der Waals surface area contributed by atoms with Crippen molar-refractivity contribution in [2.24, 2.45) is 0 Å². The van der Waals surface area contributed by atoms with Crippen molar-refractivity contribution in [1.29, 1.82) is 0 Å². The molecule has 5 rings (SSSR count). The largest absolute Gasteiger partial charge is 0.464 e. The van der Waals surface area contributed by atoms with E-state index in [2.05, 4.69) is 10.2 Å². The molecule has 1 aromatic heterocycles. The van der Waals surface area contributed by atoms with Crippen LogP contribution in [0.2, 0.25) is 0 Å². The maximum absolute atomic E-state index is 12.9. The maximum atomic E-state index is 12.9. The highest BCUT2D eigenvalue weighted by Crippen LogP contribution is 2.30. The number of nitrogens with one attached hydrogen (secondary N) is 1. The third kappa shape index (κ3) is 4.25. The molecule has 3 aromatic carbocycles. The number of nitrogens with zero attached hydrogens (tertiary/aromatic N) is 2. The number of hydrogen-bond acceptors (Lipinski definition) is 5. The minimum absolute atomic E-state index is 0.155. The molecular weight excluding hydrogens is 438 g/mol. The van der Waals surface area contributed by atoms with E-state index in [0.29, 0.717) is 31.9 Å². The fraction of sp³-hybridized carbons (Fsp3) is 0.240. The molecule has 0 saturated carbocycles. The van der Waals surface area contributed by atoms with Gasteiger partial charge in [0.15, 0.2) is 0 Å². The van der Waals surface area contributed by atoms with Crippen LogP contribution in [0.1, 0.15) is 5.56 Å². The molecule has 1 N–H and O–H groups in total. The van der Waals surface area contributed by atoms with E-state index in [1.54, 1.807) is 30.5 Å². The predicted molar refractivity (Wildman–Crippen MR) is 129 cm³/mol. The van der Waals surface area contributed by atoms with E-state index >= 15 is 0 Å². The number of rotatable bonds is 5. The summed E-state index contributed by atoms with van der Waals surface area (Å²) in [4.78, 5) is 15.1. The zero-order valence-electron chi connectivity index (χ0n) is 18.3. The van der Waals surface area contributed by atoms with Crippen LogP contribution in [0.3, 0.4) is 0 Å². The van der Waals surface area contributed by atoms with Gasteiger partial charge in [0.1, 0.15) is 5.58 Å². The Balaban J connectivity index is 1.30. The minimum Gasteiger partial charge on any atom is -0.464 e. The Labute approximate surface area is 192 Å². The molecule has 1 saturated heterocycles. The molecule has 2 heterocycles. The van der Waals surface area contributed by atoms with Crippen LogP contribution >= 0.6 is 0 Å². The van der Waals surface area contributed by atoms with Crippen LogP contribution in [0.25, 0.3) is 21.7 Å². The standard InChI is InChI=1S/C25H25N3O4S/c1-27-12-14-28(15-13-27)33(30,31)21-9-7-20(8-10-21)26-24(29)16-19-17-32-23-11-6-18-4-2-3-5-22(18)25(19)23/h2-11,17H,12-16H2,1H3,(H,26,29). The summed E-state index contributed by atoms with van der Waals surface area (Å²) in [6, 6.07) is 18.3. The number of carbonyl (C=O) groups excluding carboxylic acids is 1. The van der Waals surface area contributed by atoms with Crippen molar-refractivity contribution in [1.82, 2.24) is 9.21 Å². The molecule has 4 aromatic rings. The number of hydrogen-bond donors (Lipinski definition) is 1. The Bertz CT molecular complexity index is 1420. The number of likely N-dealkylation sites (N-methyl/N-ethyl adjacent to an activating group) is 1. The molecule has 1 aliphatic heterocycles. The van der Waals surface area contributed by atoms with Crippen molar-refractivity contribution >= 4 is 43.4 Å². The van der Waals surface area contributed by atoms with Gasteiger partial charge < -0.3 is 14.6 Å². The van der Waals surface area contributed by atoms with Crippen LogP contribution in [0.15, 0.2) is 76.2 Å². The zero-order valence-corrected chi connectivity index (χ0v) is 19.1. The van der Waals surface area contributed by atoms with Crippen LogP contribution in [0.4, 0.5) is 5.69 Å². The van der Waals surface area contributed by atoms with Gasteiger partial charge in [0.2, 0.25) is 15.9 Å². The molecule has 7 nitrogen and oxygen atoms in total. The summed E-state index contributed by atoms with van der Waals surface area (Å²) < 4.78 is 32.9. The summed E-state index contributed by atoms with van der Waals surface area (Å²) in [5.41, 5.74) is 2.11. The average Bonchev–Trinajstić information content (AvgIpc) is 3.23. The Morgan fingerprint density at radius 2 is 1.70 bits per heavy atom. The van der Waals surface area contributed by atoms with E-state index < -0.39 is 10.0 Å². The van der Waals surface area contributed by atoms with Gasteiger partial charge in [-0.05, 0) is 48.2 Å². The Kier molecular flexibility index (Phi) is 5.65. The summed E-state index contributed by atoms with van der Waals surface area (Å²) in [7, 11) is -1.55. The molecule has 0 unspecified atom stereocenters. The molecular formula is C25H25N3O4S. The average molecular weight is 464 g/mol. The van der Waals surface area contributed by atoms with Crippen molar-refractivity contribution < 1.29 is 17.6 Å². The van der Waals surface area contributed by atoms with Crippen molar-refractivity contribution in [2.45, 2.75) is 11.3 Å². The van der Waals surface area contributed by atoms with E-state index in [1.165, 1.54) is 4.31 Å². The van der Waals surface area contributed by atoms with Gasteiger partial charge in [0, 0.05) is 42.8 Å². The van der Waals surface area contributed by atoms with Gasteiger partial charge in [0.05, 0.1) is 17.6 Å². The van der Waals surface area contributed by atoms with Crippen molar-refractivity contribution in [3.05, 3.63) is 72.5 Å². The molecule has 0 aliphatic carbocycles. The quantitative estimate of drug-likeness (QED) is 0.488. The molecule has 0 atom stereocenters. The number of carbonyl (C=O) groups is 1. The van der Waals surface area contributed by atoms with Gasteiger partial charge in [-0.3, -0.25) is 4.79 Å². The number of piperazine rings is 1. The summed E-state index contributed by atoms with van der Waals surface area (Å²) in [5, 5.41) is 5.94. The lowest BCUT2D eigenvalue weighted by atomic mass is 10.0. The lowest BCUT2D eigenvalue weighted by Gasteiger charge is -2.31. The molecule has 1 aliphatic rings. The first-order chi connectivity index (χ1) is 15.9. The summed E-state index contributed by atoms with van der Waals surface area (Å²) in [5.74, 6) is -0.194. The first-order valence-electron chi connectivity index (χ1n) is 10.9. The van der Waals surface area contributed by atoms with Gasteiger partial charge in [-0.15, -0.1) is 0 Å². The molecule has 170 valence electrons. The third-order valence-electron chi connectivity index (χ3n) is 6.13. The van der Waals surface area contributed by atoms with Crippen molar-refractivity contribution in [2.75, 3.05) is 38.5 Å². The Morgan fingerprint density at radius 3 is 2.45 bits per heavy atom.